The van der Waals surface area contributed by atoms with Gasteiger partial charge in [0.1, 0.15) is 17.4 Å². The molecule has 0 amide bonds. The van der Waals surface area contributed by atoms with Gasteiger partial charge in [0.2, 0.25) is 0 Å². The van der Waals surface area contributed by atoms with E-state index in [1.807, 2.05) is 6.92 Å². The topological polar surface area (TPSA) is 100 Å². The maximum Gasteiger partial charge on any atom is 0.337 e. The van der Waals surface area contributed by atoms with Gasteiger partial charge in [-0.05, 0) is 51.3 Å². The molecule has 1 N–H and O–H groups in total. The first-order valence-corrected chi connectivity index (χ1v) is 10.9. The van der Waals surface area contributed by atoms with Gasteiger partial charge >= 0.3 is 11.9 Å². The lowest BCUT2D eigenvalue weighted by Crippen LogP contribution is -2.43. The third-order valence-electron chi connectivity index (χ3n) is 6.05. The van der Waals surface area contributed by atoms with Gasteiger partial charge in [0, 0.05) is 22.5 Å². The van der Waals surface area contributed by atoms with Crippen molar-refractivity contribution >= 4 is 17.7 Å². The van der Waals surface area contributed by atoms with Crippen LogP contribution in [-0.4, -0.2) is 45.2 Å². The molecule has 0 spiro atoms. The summed E-state index contributed by atoms with van der Waals surface area (Å²) in [5.41, 5.74) is 2.48. The van der Waals surface area contributed by atoms with Crippen molar-refractivity contribution in [2.24, 2.45) is 11.8 Å². The third kappa shape index (κ3) is 4.47. The number of nitrogens with one attached hydrogen (secondary N) is 1. The third-order valence-corrected chi connectivity index (χ3v) is 6.05. The van der Waals surface area contributed by atoms with Gasteiger partial charge in [-0.3, -0.25) is 9.59 Å². The van der Waals surface area contributed by atoms with E-state index in [4.69, 9.17) is 18.9 Å². The van der Waals surface area contributed by atoms with E-state index in [-0.39, 0.29) is 17.8 Å². The summed E-state index contributed by atoms with van der Waals surface area (Å²) in [5.74, 6) is -2.51. The molecule has 33 heavy (non-hydrogen) atoms. The Morgan fingerprint density at radius 1 is 1.12 bits per heavy atom. The van der Waals surface area contributed by atoms with E-state index in [2.05, 4.69) is 5.32 Å². The van der Waals surface area contributed by atoms with Crippen molar-refractivity contribution in [3.63, 3.8) is 0 Å². The normalized spacial score (nSPS) is 22.5. The fraction of sp³-hybridized carbons (Fsp3) is 0.480. The van der Waals surface area contributed by atoms with Crippen LogP contribution in [0.3, 0.4) is 0 Å². The Bertz CT molecular complexity index is 1040. The van der Waals surface area contributed by atoms with Gasteiger partial charge < -0.3 is 24.3 Å². The Balaban J connectivity index is 2.28. The van der Waals surface area contributed by atoms with E-state index < -0.39 is 23.8 Å². The Labute approximate surface area is 193 Å². The molecule has 0 radical (unpaired) electrons. The standard InChI is InChI=1S/C25H31NO7/c1-12(2)33-25(29)20-14(4)26-17-10-13(3)19(24(28)32-7)23(27)22(17)21(20)16-11-15(30-5)8-9-18(16)31-6/h8-9,11-13,19,21,26H,10H2,1-7H3/t13-,19-,21-/m0/s1. The molecule has 1 aromatic carbocycles. The van der Waals surface area contributed by atoms with Gasteiger partial charge in [-0.2, -0.15) is 0 Å². The Hall–Kier alpha value is -3.29. The molecule has 1 heterocycles. The number of rotatable bonds is 6. The van der Waals surface area contributed by atoms with Crippen LogP contribution in [0.15, 0.2) is 40.7 Å². The van der Waals surface area contributed by atoms with Crippen LogP contribution < -0.4 is 14.8 Å². The van der Waals surface area contributed by atoms with Gasteiger partial charge in [-0.25, -0.2) is 4.79 Å². The average Bonchev–Trinajstić information content (AvgIpc) is 2.76. The van der Waals surface area contributed by atoms with E-state index in [9.17, 15) is 14.4 Å². The maximum atomic E-state index is 13.8. The highest BCUT2D eigenvalue weighted by Crippen LogP contribution is 2.48. The zero-order valence-corrected chi connectivity index (χ0v) is 20.1. The van der Waals surface area contributed by atoms with Crippen LogP contribution in [0.25, 0.3) is 0 Å². The SMILES string of the molecule is COC(=O)[C@@H]1C(=O)C2=C(C[C@@H]1C)NC(C)=C(C(=O)OC(C)C)[C@@H]2c1cc(OC)ccc1OC. The number of carbonyl (C=O) groups is 3. The number of benzene rings is 1. The molecule has 1 aliphatic carbocycles. The predicted molar refractivity (Wildman–Crippen MR) is 121 cm³/mol. The zero-order chi connectivity index (χ0) is 24.4. The molecule has 3 rings (SSSR count). The van der Waals surface area contributed by atoms with Crippen LogP contribution in [0.1, 0.15) is 45.6 Å². The van der Waals surface area contributed by atoms with Crippen molar-refractivity contribution in [3.05, 3.63) is 46.3 Å². The Kier molecular flexibility index (Phi) is 7.15. The quantitative estimate of drug-likeness (QED) is 0.513. The van der Waals surface area contributed by atoms with Crippen LogP contribution in [0, 0.1) is 11.8 Å². The highest BCUT2D eigenvalue weighted by atomic mass is 16.5. The number of ether oxygens (including phenoxy) is 4. The molecule has 1 aromatic rings. The number of hydrogen-bond acceptors (Lipinski definition) is 8. The highest BCUT2D eigenvalue weighted by molar-refractivity contribution is 6.12. The summed E-state index contributed by atoms with van der Waals surface area (Å²) in [4.78, 5) is 39.5. The lowest BCUT2D eigenvalue weighted by atomic mass is 9.69. The molecule has 0 saturated heterocycles. The van der Waals surface area contributed by atoms with Crippen molar-refractivity contribution in [1.29, 1.82) is 0 Å². The molecule has 178 valence electrons. The molecular weight excluding hydrogens is 426 g/mol. The number of carbonyl (C=O) groups excluding carboxylic acids is 3. The van der Waals surface area contributed by atoms with Crippen molar-refractivity contribution in [1.82, 2.24) is 5.32 Å². The number of Topliss-reactive ketones (excluding diaryl/α,β-unsaturated/α-hetero) is 1. The van der Waals surface area contributed by atoms with Crippen LogP contribution in [0.4, 0.5) is 0 Å². The number of allylic oxidation sites excluding steroid dienone is 3. The van der Waals surface area contributed by atoms with Crippen molar-refractivity contribution < 1.29 is 33.3 Å². The van der Waals surface area contributed by atoms with Gasteiger partial charge in [0.25, 0.3) is 0 Å². The molecule has 2 aliphatic rings. The first-order chi connectivity index (χ1) is 15.6. The summed E-state index contributed by atoms with van der Waals surface area (Å²) >= 11 is 0. The first-order valence-electron chi connectivity index (χ1n) is 10.9. The van der Waals surface area contributed by atoms with Crippen molar-refractivity contribution in [2.75, 3.05) is 21.3 Å². The van der Waals surface area contributed by atoms with E-state index in [0.717, 1.165) is 0 Å². The number of esters is 2. The molecule has 0 bridgehead atoms. The smallest absolute Gasteiger partial charge is 0.337 e. The molecule has 3 atom stereocenters. The van der Waals surface area contributed by atoms with Gasteiger partial charge in [0.15, 0.2) is 5.78 Å². The fourth-order valence-electron chi connectivity index (χ4n) is 4.60. The van der Waals surface area contributed by atoms with Crippen LogP contribution in [-0.2, 0) is 23.9 Å². The van der Waals surface area contributed by atoms with Crippen molar-refractivity contribution in [3.8, 4) is 11.5 Å². The Morgan fingerprint density at radius 3 is 2.39 bits per heavy atom. The van der Waals surface area contributed by atoms with Crippen LogP contribution in [0.5, 0.6) is 11.5 Å². The lowest BCUT2D eigenvalue weighted by Gasteiger charge is -2.38. The van der Waals surface area contributed by atoms with E-state index in [0.29, 0.717) is 46.0 Å². The molecule has 8 nitrogen and oxygen atoms in total. The second-order valence-electron chi connectivity index (χ2n) is 8.60. The number of methoxy groups -OCH3 is 3. The second-order valence-corrected chi connectivity index (χ2v) is 8.60. The summed E-state index contributed by atoms with van der Waals surface area (Å²) in [5, 5.41) is 3.24. The minimum Gasteiger partial charge on any atom is -0.497 e. The lowest BCUT2D eigenvalue weighted by molar-refractivity contribution is -0.151. The second kappa shape index (κ2) is 9.68. The molecule has 0 aromatic heterocycles. The minimum atomic E-state index is -0.963. The minimum absolute atomic E-state index is 0.263. The summed E-state index contributed by atoms with van der Waals surface area (Å²) in [7, 11) is 4.32. The largest absolute Gasteiger partial charge is 0.497 e. The zero-order valence-electron chi connectivity index (χ0n) is 20.1. The van der Waals surface area contributed by atoms with Gasteiger partial charge in [-0.15, -0.1) is 0 Å². The molecular formula is C25H31NO7. The van der Waals surface area contributed by atoms with Crippen LogP contribution >= 0.6 is 0 Å². The average molecular weight is 458 g/mol. The predicted octanol–water partition coefficient (Wildman–Crippen LogP) is 3.27. The van der Waals surface area contributed by atoms with E-state index in [1.165, 1.54) is 21.3 Å². The number of dihydropyridines is 1. The summed E-state index contributed by atoms with van der Waals surface area (Å²) in [6.45, 7) is 7.14. The van der Waals surface area contributed by atoms with Gasteiger partial charge in [-0.1, -0.05) is 6.92 Å². The molecule has 8 heteroatoms. The fourth-order valence-corrected chi connectivity index (χ4v) is 4.60. The number of ketones is 1. The molecule has 0 fully saturated rings. The van der Waals surface area contributed by atoms with Crippen LogP contribution in [0.2, 0.25) is 0 Å². The molecule has 0 saturated carbocycles. The molecule has 1 aliphatic heterocycles. The molecule has 0 unspecified atom stereocenters. The van der Waals surface area contributed by atoms with Gasteiger partial charge in [0.05, 0.1) is 38.9 Å². The Morgan fingerprint density at radius 2 is 1.82 bits per heavy atom. The highest BCUT2D eigenvalue weighted by Gasteiger charge is 2.48. The maximum absolute atomic E-state index is 13.8. The first kappa shape index (κ1) is 24.4. The monoisotopic (exact) mass is 457 g/mol. The summed E-state index contributed by atoms with van der Waals surface area (Å²) < 4.78 is 21.5. The van der Waals surface area contributed by atoms with E-state index >= 15 is 0 Å². The summed E-state index contributed by atoms with van der Waals surface area (Å²) in [6, 6.07) is 5.21. The van der Waals surface area contributed by atoms with Crippen molar-refractivity contribution in [2.45, 2.75) is 46.1 Å². The number of hydrogen-bond donors (Lipinski definition) is 1. The summed E-state index contributed by atoms with van der Waals surface area (Å²) in [6.07, 6.45) is 0.0962. The van der Waals surface area contributed by atoms with E-state index in [1.54, 1.807) is 39.0 Å².